The van der Waals surface area contributed by atoms with Crippen molar-refractivity contribution in [3.05, 3.63) is 46.6 Å². The molecule has 0 fully saturated rings. The number of nitrogens with two attached hydrogens (primary N) is 1. The van der Waals surface area contributed by atoms with Crippen LogP contribution in [0.3, 0.4) is 0 Å². The third-order valence-corrected chi connectivity index (χ3v) is 6.26. The monoisotopic (exact) mass is 420 g/mol. The summed E-state index contributed by atoms with van der Waals surface area (Å²) in [6.45, 7) is 0. The standard InChI is InChI=1S/C14H9ClN8O2S2/c15-10-11(22-5-6-26-14(22)19-10)27(24,25)23-12(17)20-13(21-23)18-9-3-1-8(7-16)2-4-9/h1-6H,(H3,17,18,20,21). The van der Waals surface area contributed by atoms with Gasteiger partial charge in [0, 0.05) is 17.3 Å². The van der Waals surface area contributed by atoms with Crippen LogP contribution < -0.4 is 11.1 Å². The molecule has 0 aliphatic carbocycles. The van der Waals surface area contributed by atoms with Gasteiger partial charge in [-0.05, 0) is 24.3 Å². The molecule has 0 unspecified atom stereocenters. The molecule has 0 amide bonds. The van der Waals surface area contributed by atoms with E-state index in [0.717, 1.165) is 0 Å². The van der Waals surface area contributed by atoms with Crippen molar-refractivity contribution in [3.63, 3.8) is 0 Å². The molecule has 0 atom stereocenters. The largest absolute Gasteiger partial charge is 0.367 e. The van der Waals surface area contributed by atoms with Gasteiger partial charge in [0.15, 0.2) is 10.1 Å². The molecule has 1 aromatic carbocycles. The minimum Gasteiger partial charge on any atom is -0.367 e. The average Bonchev–Trinajstić information content (AvgIpc) is 3.29. The zero-order valence-electron chi connectivity index (χ0n) is 13.2. The van der Waals surface area contributed by atoms with E-state index < -0.39 is 10.0 Å². The molecule has 0 spiro atoms. The fourth-order valence-electron chi connectivity index (χ4n) is 2.35. The van der Waals surface area contributed by atoms with E-state index in [-0.39, 0.29) is 22.1 Å². The number of thiazole rings is 1. The van der Waals surface area contributed by atoms with E-state index in [1.807, 2.05) is 6.07 Å². The molecule has 4 aromatic rings. The van der Waals surface area contributed by atoms with Crippen molar-refractivity contribution in [2.24, 2.45) is 0 Å². The summed E-state index contributed by atoms with van der Waals surface area (Å²) < 4.78 is 27.9. The van der Waals surface area contributed by atoms with E-state index in [4.69, 9.17) is 22.6 Å². The molecule has 0 saturated heterocycles. The fraction of sp³-hybridized carbons (Fsp3) is 0. The van der Waals surface area contributed by atoms with Crippen LogP contribution in [0.15, 0.2) is 40.9 Å². The minimum atomic E-state index is -4.23. The quantitative estimate of drug-likeness (QED) is 0.510. The smallest absolute Gasteiger partial charge is 0.305 e. The second-order valence-electron chi connectivity index (χ2n) is 5.22. The van der Waals surface area contributed by atoms with Gasteiger partial charge in [0.2, 0.25) is 16.9 Å². The number of aromatic nitrogens is 5. The molecular weight excluding hydrogens is 412 g/mol. The molecule has 13 heteroatoms. The average molecular weight is 421 g/mol. The van der Waals surface area contributed by atoms with Crippen LogP contribution in [0, 0.1) is 11.3 Å². The number of nitriles is 1. The van der Waals surface area contributed by atoms with Crippen LogP contribution in [0.25, 0.3) is 4.96 Å². The maximum Gasteiger partial charge on any atom is 0.305 e. The maximum atomic E-state index is 13.0. The number of rotatable bonds is 4. The summed E-state index contributed by atoms with van der Waals surface area (Å²) >= 11 is 7.25. The Labute approximate surface area is 161 Å². The molecule has 27 heavy (non-hydrogen) atoms. The highest BCUT2D eigenvalue weighted by Gasteiger charge is 2.30. The van der Waals surface area contributed by atoms with Crippen LogP contribution in [-0.4, -0.2) is 32.0 Å². The Morgan fingerprint density at radius 3 is 2.70 bits per heavy atom. The van der Waals surface area contributed by atoms with Gasteiger partial charge in [-0.1, -0.05) is 11.6 Å². The van der Waals surface area contributed by atoms with Crippen LogP contribution in [0.2, 0.25) is 5.15 Å². The minimum absolute atomic E-state index is 0.0250. The number of imidazole rings is 1. The topological polar surface area (TPSA) is 144 Å². The van der Waals surface area contributed by atoms with E-state index in [2.05, 4.69) is 20.4 Å². The van der Waals surface area contributed by atoms with Crippen LogP contribution in [0.5, 0.6) is 0 Å². The first kappa shape index (κ1) is 17.3. The Morgan fingerprint density at radius 2 is 2.00 bits per heavy atom. The molecule has 3 heterocycles. The van der Waals surface area contributed by atoms with Crippen LogP contribution in [0.4, 0.5) is 17.6 Å². The molecule has 136 valence electrons. The first-order chi connectivity index (χ1) is 12.9. The Balaban J connectivity index is 1.73. The van der Waals surface area contributed by atoms with Gasteiger partial charge in [-0.2, -0.15) is 18.7 Å². The van der Waals surface area contributed by atoms with Gasteiger partial charge in [-0.3, -0.25) is 4.40 Å². The van der Waals surface area contributed by atoms with E-state index >= 15 is 0 Å². The van der Waals surface area contributed by atoms with Crippen molar-refractivity contribution < 1.29 is 8.42 Å². The number of fused-ring (bicyclic) bond motifs is 1. The second-order valence-corrected chi connectivity index (χ2v) is 8.13. The van der Waals surface area contributed by atoms with Crippen molar-refractivity contribution in [1.82, 2.24) is 23.6 Å². The third kappa shape index (κ3) is 2.87. The first-order valence-electron chi connectivity index (χ1n) is 7.26. The lowest BCUT2D eigenvalue weighted by atomic mass is 10.2. The van der Waals surface area contributed by atoms with Crippen molar-refractivity contribution in [2.45, 2.75) is 5.03 Å². The zero-order chi connectivity index (χ0) is 19.2. The molecule has 0 saturated carbocycles. The molecular formula is C14H9ClN8O2S2. The maximum absolute atomic E-state index is 13.0. The van der Waals surface area contributed by atoms with Gasteiger partial charge < -0.3 is 11.1 Å². The summed E-state index contributed by atoms with van der Waals surface area (Å²) in [7, 11) is -4.23. The summed E-state index contributed by atoms with van der Waals surface area (Å²) in [6, 6.07) is 8.46. The SMILES string of the molecule is N#Cc1ccc(Nc2nc(N)n(S(=O)(=O)c3c(Cl)nc4sccn34)n2)cc1. The predicted molar refractivity (Wildman–Crippen MR) is 99.5 cm³/mol. The number of nitrogen functional groups attached to an aromatic ring is 1. The van der Waals surface area contributed by atoms with Crippen molar-refractivity contribution in [3.8, 4) is 6.07 Å². The number of nitrogens with zero attached hydrogens (tertiary/aromatic N) is 6. The molecule has 4 rings (SSSR count). The van der Waals surface area contributed by atoms with Crippen LogP contribution in [-0.2, 0) is 10.0 Å². The fourth-order valence-corrected chi connectivity index (χ4v) is 4.92. The molecule has 0 bridgehead atoms. The number of hydrogen-bond donors (Lipinski definition) is 2. The highest BCUT2D eigenvalue weighted by atomic mass is 35.5. The molecule has 0 aliphatic heterocycles. The molecule has 3 aromatic heterocycles. The second kappa shape index (κ2) is 6.23. The predicted octanol–water partition coefficient (Wildman–Crippen LogP) is 2.08. The molecule has 0 aliphatic rings. The van der Waals surface area contributed by atoms with Gasteiger partial charge in [0.05, 0.1) is 11.6 Å². The number of anilines is 3. The normalized spacial score (nSPS) is 11.6. The number of nitrogens with one attached hydrogen (secondary N) is 1. The third-order valence-electron chi connectivity index (χ3n) is 3.52. The highest BCUT2D eigenvalue weighted by molar-refractivity contribution is 7.90. The Bertz CT molecular complexity index is 1300. The number of halogens is 1. The first-order valence-corrected chi connectivity index (χ1v) is 9.96. The Kier molecular flexibility index (Phi) is 3.99. The zero-order valence-corrected chi connectivity index (χ0v) is 15.6. The molecule has 3 N–H and O–H groups in total. The van der Waals surface area contributed by atoms with Gasteiger partial charge in [0.25, 0.3) is 0 Å². The molecule has 10 nitrogen and oxygen atoms in total. The lowest BCUT2D eigenvalue weighted by molar-refractivity contribution is 0.576. The summed E-state index contributed by atoms with van der Waals surface area (Å²) in [4.78, 5) is 8.36. The van der Waals surface area contributed by atoms with E-state index in [1.165, 1.54) is 21.9 Å². The van der Waals surface area contributed by atoms with E-state index in [9.17, 15) is 8.42 Å². The van der Waals surface area contributed by atoms with Crippen LogP contribution >= 0.6 is 22.9 Å². The van der Waals surface area contributed by atoms with Crippen molar-refractivity contribution >= 4 is 55.5 Å². The summed E-state index contributed by atoms with van der Waals surface area (Å²) in [5.74, 6) is -0.365. The van der Waals surface area contributed by atoms with Crippen molar-refractivity contribution in [1.29, 1.82) is 5.26 Å². The Morgan fingerprint density at radius 1 is 1.26 bits per heavy atom. The van der Waals surface area contributed by atoms with Crippen LogP contribution in [0.1, 0.15) is 5.56 Å². The summed E-state index contributed by atoms with van der Waals surface area (Å²) in [6.07, 6.45) is 1.54. The van der Waals surface area contributed by atoms with Gasteiger partial charge in [-0.15, -0.1) is 20.5 Å². The van der Waals surface area contributed by atoms with Gasteiger partial charge in [-0.25, -0.2) is 4.98 Å². The molecule has 0 radical (unpaired) electrons. The van der Waals surface area contributed by atoms with Gasteiger partial charge >= 0.3 is 10.0 Å². The summed E-state index contributed by atoms with van der Waals surface area (Å²) in [5, 5.41) is 16.8. The number of benzene rings is 1. The Hall–Kier alpha value is -3.14. The van der Waals surface area contributed by atoms with E-state index in [0.29, 0.717) is 20.3 Å². The number of hydrogen-bond acceptors (Lipinski definition) is 9. The highest BCUT2D eigenvalue weighted by Crippen LogP contribution is 2.28. The lowest BCUT2D eigenvalue weighted by Crippen LogP contribution is -2.19. The van der Waals surface area contributed by atoms with Gasteiger partial charge in [0.1, 0.15) is 0 Å². The van der Waals surface area contributed by atoms with E-state index in [1.54, 1.807) is 29.6 Å². The lowest BCUT2D eigenvalue weighted by Gasteiger charge is -2.04. The van der Waals surface area contributed by atoms with Crippen molar-refractivity contribution in [2.75, 3.05) is 11.1 Å². The summed E-state index contributed by atoms with van der Waals surface area (Å²) in [5.41, 5.74) is 6.80.